The first-order valence-electron chi connectivity index (χ1n) is 9.95. The lowest BCUT2D eigenvalue weighted by Gasteiger charge is -2.36. The van der Waals surface area contributed by atoms with Gasteiger partial charge in [-0.1, -0.05) is 49.9 Å². The highest BCUT2D eigenvalue weighted by Crippen LogP contribution is 2.32. The summed E-state index contributed by atoms with van der Waals surface area (Å²) in [6.07, 6.45) is 4.42. The van der Waals surface area contributed by atoms with Crippen molar-refractivity contribution in [3.8, 4) is 0 Å². The van der Waals surface area contributed by atoms with E-state index >= 15 is 0 Å². The van der Waals surface area contributed by atoms with Crippen molar-refractivity contribution < 1.29 is 13.2 Å². The molecule has 0 spiro atoms. The van der Waals surface area contributed by atoms with Crippen LogP contribution in [0, 0.1) is 17.8 Å². The maximum atomic E-state index is 12.9. The highest BCUT2D eigenvalue weighted by Gasteiger charge is 2.35. The van der Waals surface area contributed by atoms with E-state index in [0.717, 1.165) is 12.8 Å². The molecule has 0 unspecified atom stereocenters. The van der Waals surface area contributed by atoms with E-state index in [1.807, 2.05) is 0 Å². The molecule has 156 valence electrons. The van der Waals surface area contributed by atoms with E-state index in [4.69, 9.17) is 23.2 Å². The molecule has 2 aliphatic rings. The van der Waals surface area contributed by atoms with Gasteiger partial charge in [0, 0.05) is 30.1 Å². The van der Waals surface area contributed by atoms with Gasteiger partial charge in [0.1, 0.15) is 4.90 Å². The fourth-order valence-corrected chi connectivity index (χ4v) is 6.47. The molecule has 1 aromatic carbocycles. The highest BCUT2D eigenvalue weighted by molar-refractivity contribution is 7.89. The van der Waals surface area contributed by atoms with Crippen LogP contribution in [0.5, 0.6) is 0 Å². The molecular weight excluding hydrogens is 419 g/mol. The molecule has 1 aliphatic heterocycles. The number of carbonyl (C=O) groups excluding carboxylic acids is 1. The topological polar surface area (TPSA) is 66.5 Å². The van der Waals surface area contributed by atoms with Gasteiger partial charge < -0.3 is 5.32 Å². The van der Waals surface area contributed by atoms with Gasteiger partial charge in [0.2, 0.25) is 15.9 Å². The van der Waals surface area contributed by atoms with Crippen LogP contribution in [0.3, 0.4) is 0 Å². The number of rotatable bonds is 4. The molecule has 1 saturated carbocycles. The molecule has 28 heavy (non-hydrogen) atoms. The van der Waals surface area contributed by atoms with Crippen LogP contribution in [-0.4, -0.2) is 37.8 Å². The molecule has 0 radical (unpaired) electrons. The Morgan fingerprint density at radius 3 is 2.46 bits per heavy atom. The molecule has 1 heterocycles. The van der Waals surface area contributed by atoms with Crippen LogP contribution in [0.15, 0.2) is 23.1 Å². The minimum Gasteiger partial charge on any atom is -0.353 e. The number of hydrogen-bond acceptors (Lipinski definition) is 3. The molecule has 8 heteroatoms. The Morgan fingerprint density at radius 2 is 1.79 bits per heavy atom. The number of carbonyl (C=O) groups is 1. The Balaban J connectivity index is 1.61. The Labute approximate surface area is 177 Å². The second kappa shape index (κ2) is 8.90. The van der Waals surface area contributed by atoms with Crippen LogP contribution in [0.25, 0.3) is 0 Å². The van der Waals surface area contributed by atoms with Crippen molar-refractivity contribution in [2.45, 2.75) is 56.9 Å². The molecule has 0 bridgehead atoms. The summed E-state index contributed by atoms with van der Waals surface area (Å²) in [6, 6.07) is 4.66. The Morgan fingerprint density at radius 1 is 1.11 bits per heavy atom. The monoisotopic (exact) mass is 446 g/mol. The van der Waals surface area contributed by atoms with Crippen molar-refractivity contribution in [1.29, 1.82) is 0 Å². The molecule has 5 nitrogen and oxygen atoms in total. The fraction of sp³-hybridized carbons (Fsp3) is 0.650. The maximum Gasteiger partial charge on any atom is 0.244 e. The summed E-state index contributed by atoms with van der Waals surface area (Å²) in [7, 11) is -3.72. The zero-order chi connectivity index (χ0) is 20.5. The normalized spacial score (nSPS) is 27.5. The van der Waals surface area contributed by atoms with Crippen LogP contribution in [0.1, 0.15) is 46.0 Å². The first kappa shape index (κ1) is 21.9. The summed E-state index contributed by atoms with van der Waals surface area (Å²) in [5, 5.41) is 3.71. The maximum absolute atomic E-state index is 12.9. The number of amides is 1. The Kier molecular flexibility index (Phi) is 6.96. The average molecular weight is 447 g/mol. The van der Waals surface area contributed by atoms with Gasteiger partial charge in [-0.2, -0.15) is 4.31 Å². The molecule has 1 amide bonds. The summed E-state index contributed by atoms with van der Waals surface area (Å²) < 4.78 is 27.2. The van der Waals surface area contributed by atoms with Gasteiger partial charge in [0.15, 0.2) is 0 Å². The third-order valence-electron chi connectivity index (χ3n) is 6.37. The van der Waals surface area contributed by atoms with Crippen molar-refractivity contribution in [2.24, 2.45) is 17.8 Å². The Hall–Kier alpha value is -0.820. The lowest BCUT2D eigenvalue weighted by molar-refractivity contribution is -0.127. The summed E-state index contributed by atoms with van der Waals surface area (Å²) in [4.78, 5) is 12.7. The van der Waals surface area contributed by atoms with Crippen LogP contribution in [0.2, 0.25) is 10.0 Å². The lowest BCUT2D eigenvalue weighted by atomic mass is 9.78. The van der Waals surface area contributed by atoms with Gasteiger partial charge in [-0.25, -0.2) is 8.42 Å². The summed E-state index contributed by atoms with van der Waals surface area (Å²) in [5.41, 5.74) is 0. The minimum atomic E-state index is -3.72. The number of halogens is 2. The minimum absolute atomic E-state index is 0.0228. The lowest BCUT2D eigenvalue weighted by Crippen LogP contribution is -2.48. The quantitative estimate of drug-likeness (QED) is 0.747. The van der Waals surface area contributed by atoms with Crippen molar-refractivity contribution in [2.75, 3.05) is 13.1 Å². The van der Waals surface area contributed by atoms with Gasteiger partial charge in [0.05, 0.1) is 5.02 Å². The van der Waals surface area contributed by atoms with Crippen LogP contribution in [-0.2, 0) is 14.8 Å². The zero-order valence-electron chi connectivity index (χ0n) is 16.3. The van der Waals surface area contributed by atoms with E-state index in [0.29, 0.717) is 42.8 Å². The Bertz CT molecular complexity index is 823. The van der Waals surface area contributed by atoms with E-state index < -0.39 is 10.0 Å². The van der Waals surface area contributed by atoms with Gasteiger partial charge in [-0.15, -0.1) is 0 Å². The van der Waals surface area contributed by atoms with E-state index in [9.17, 15) is 13.2 Å². The summed E-state index contributed by atoms with van der Waals surface area (Å²) >= 11 is 12.0. The zero-order valence-corrected chi connectivity index (χ0v) is 18.7. The van der Waals surface area contributed by atoms with E-state index in [2.05, 4.69) is 19.2 Å². The second-order valence-electron chi connectivity index (χ2n) is 8.14. The van der Waals surface area contributed by atoms with Crippen LogP contribution >= 0.6 is 23.2 Å². The number of nitrogens with one attached hydrogen (secondary N) is 1. The first-order valence-corrected chi connectivity index (χ1v) is 12.2. The molecule has 1 aromatic rings. The van der Waals surface area contributed by atoms with Crippen molar-refractivity contribution in [3.63, 3.8) is 0 Å². The number of piperidine rings is 1. The standard InChI is InChI=1S/C20H28Cl2N2O3S/c1-13-4-3-5-18(14(13)2)23-20(25)15-8-10-24(11-9-15)28(26,27)19-12-16(21)6-7-17(19)22/h6-7,12-15,18H,3-5,8-11H2,1-2H3,(H,23,25)/t13-,14-,18-/m1/s1. The van der Waals surface area contributed by atoms with Crippen molar-refractivity contribution in [1.82, 2.24) is 9.62 Å². The first-order chi connectivity index (χ1) is 13.2. The third kappa shape index (κ3) is 4.66. The third-order valence-corrected chi connectivity index (χ3v) is 8.99. The highest BCUT2D eigenvalue weighted by atomic mass is 35.5. The number of hydrogen-bond donors (Lipinski definition) is 1. The van der Waals surface area contributed by atoms with Gasteiger partial charge in [-0.05, 0) is 49.3 Å². The smallest absolute Gasteiger partial charge is 0.244 e. The molecule has 3 rings (SSSR count). The molecule has 2 fully saturated rings. The van der Waals surface area contributed by atoms with Crippen LogP contribution < -0.4 is 5.32 Å². The predicted molar refractivity (Wildman–Crippen MR) is 112 cm³/mol. The van der Waals surface area contributed by atoms with E-state index in [1.54, 1.807) is 6.07 Å². The molecule has 0 aromatic heterocycles. The second-order valence-corrected chi connectivity index (χ2v) is 10.9. The van der Waals surface area contributed by atoms with E-state index in [-0.39, 0.29) is 27.8 Å². The summed E-state index contributed by atoms with van der Waals surface area (Å²) in [6.45, 7) is 5.06. The SMILES string of the molecule is C[C@@H]1[C@H](C)CCC[C@H]1NC(=O)C1CCN(S(=O)(=O)c2cc(Cl)ccc2Cl)CC1. The number of sulfonamides is 1. The fourth-order valence-electron chi connectivity index (χ4n) is 4.26. The van der Waals surface area contributed by atoms with Crippen LogP contribution in [0.4, 0.5) is 0 Å². The van der Waals surface area contributed by atoms with Crippen molar-refractivity contribution in [3.05, 3.63) is 28.2 Å². The van der Waals surface area contributed by atoms with Gasteiger partial charge >= 0.3 is 0 Å². The predicted octanol–water partition coefficient (Wildman–Crippen LogP) is 4.34. The average Bonchev–Trinajstić information content (AvgIpc) is 2.67. The summed E-state index contributed by atoms with van der Waals surface area (Å²) in [5.74, 6) is 1.01. The van der Waals surface area contributed by atoms with E-state index in [1.165, 1.54) is 22.9 Å². The number of benzene rings is 1. The molecule has 3 atom stereocenters. The van der Waals surface area contributed by atoms with Gasteiger partial charge in [0.25, 0.3) is 0 Å². The molecule has 1 saturated heterocycles. The molecule has 1 aliphatic carbocycles. The van der Waals surface area contributed by atoms with Gasteiger partial charge in [-0.3, -0.25) is 4.79 Å². The molecule has 1 N–H and O–H groups in total. The van der Waals surface area contributed by atoms with Crippen molar-refractivity contribution >= 4 is 39.1 Å². The molecular formula is C20H28Cl2N2O3S. The largest absolute Gasteiger partial charge is 0.353 e. The number of nitrogens with zero attached hydrogens (tertiary/aromatic N) is 1.